The number of benzene rings is 2. The Kier molecular flexibility index (Phi) is 5.50. The van der Waals surface area contributed by atoms with Crippen molar-refractivity contribution in [3.8, 4) is 17.6 Å². The Morgan fingerprint density at radius 2 is 1.97 bits per heavy atom. The molecule has 2 aromatic rings. The van der Waals surface area contributed by atoms with Gasteiger partial charge in [0.25, 0.3) is 0 Å². The first-order valence-electron chi connectivity index (χ1n) is 8.84. The van der Waals surface area contributed by atoms with Crippen LogP contribution >= 0.6 is 0 Å². The van der Waals surface area contributed by atoms with Crippen molar-refractivity contribution < 1.29 is 27.8 Å². The van der Waals surface area contributed by atoms with Gasteiger partial charge in [0.15, 0.2) is 5.60 Å². The molecule has 2 N–H and O–H groups in total. The highest BCUT2D eigenvalue weighted by Crippen LogP contribution is 2.36. The number of carboxylic acid groups (broad SMARTS) is 1. The van der Waals surface area contributed by atoms with E-state index in [0.29, 0.717) is 35.7 Å². The Labute approximate surface area is 168 Å². The average Bonchev–Trinajstić information content (AvgIpc) is 2.67. The Morgan fingerprint density at radius 3 is 2.59 bits per heavy atom. The quantitative estimate of drug-likeness (QED) is 0.741. The lowest BCUT2D eigenvalue weighted by molar-refractivity contribution is -0.152. The van der Waals surface area contributed by atoms with Crippen molar-refractivity contribution in [1.82, 2.24) is 4.72 Å². The molecule has 9 heteroatoms. The molecule has 29 heavy (non-hydrogen) atoms. The van der Waals surface area contributed by atoms with Gasteiger partial charge in [-0.2, -0.15) is 5.26 Å². The molecule has 1 atom stereocenters. The van der Waals surface area contributed by atoms with E-state index in [1.54, 1.807) is 18.2 Å². The fourth-order valence-corrected chi connectivity index (χ4v) is 4.11. The number of ether oxygens (including phenoxy) is 2. The molecule has 2 aromatic carbocycles. The van der Waals surface area contributed by atoms with Crippen LogP contribution in [0.1, 0.15) is 37.4 Å². The van der Waals surface area contributed by atoms with Crippen molar-refractivity contribution in [3.05, 3.63) is 53.6 Å². The second-order valence-electron chi connectivity index (χ2n) is 7.06. The molecule has 0 aliphatic carbocycles. The first kappa shape index (κ1) is 20.6. The van der Waals surface area contributed by atoms with Gasteiger partial charge >= 0.3 is 5.97 Å². The van der Waals surface area contributed by atoms with E-state index in [9.17, 15) is 18.3 Å². The number of nitriles is 1. The van der Waals surface area contributed by atoms with Crippen LogP contribution in [0.5, 0.6) is 11.5 Å². The molecule has 0 saturated carbocycles. The number of aliphatic carboxylic acids is 1. The SMILES string of the molecule is CC(C)(Oc1ccc2c(c1)OCCC2NS(=O)(=O)c1ccc(C#N)cc1)C(=O)O. The summed E-state index contributed by atoms with van der Waals surface area (Å²) in [5.74, 6) is -0.363. The Balaban J connectivity index is 1.83. The third kappa shape index (κ3) is 4.50. The lowest BCUT2D eigenvalue weighted by Crippen LogP contribution is -2.38. The van der Waals surface area contributed by atoms with Crippen LogP contribution in [0, 0.1) is 11.3 Å². The fourth-order valence-electron chi connectivity index (χ4n) is 2.86. The lowest BCUT2D eigenvalue weighted by Gasteiger charge is -2.28. The average molecular weight is 416 g/mol. The molecule has 0 fully saturated rings. The molecule has 0 bridgehead atoms. The van der Waals surface area contributed by atoms with Crippen LogP contribution in [0.2, 0.25) is 0 Å². The van der Waals surface area contributed by atoms with Gasteiger partial charge in [0.05, 0.1) is 29.2 Å². The Bertz CT molecular complexity index is 1070. The number of fused-ring (bicyclic) bond motifs is 1. The maximum Gasteiger partial charge on any atom is 0.347 e. The monoisotopic (exact) mass is 416 g/mol. The van der Waals surface area contributed by atoms with Crippen molar-refractivity contribution in [2.45, 2.75) is 36.8 Å². The number of hydrogen-bond acceptors (Lipinski definition) is 6. The summed E-state index contributed by atoms with van der Waals surface area (Å²) in [6.07, 6.45) is 0.434. The largest absolute Gasteiger partial charge is 0.493 e. The van der Waals surface area contributed by atoms with E-state index < -0.39 is 27.6 Å². The number of nitrogens with zero attached hydrogens (tertiary/aromatic N) is 1. The molecule has 3 rings (SSSR count). The molecule has 8 nitrogen and oxygen atoms in total. The van der Waals surface area contributed by atoms with Gasteiger partial charge in [0.1, 0.15) is 11.5 Å². The zero-order chi connectivity index (χ0) is 21.2. The van der Waals surface area contributed by atoms with Gasteiger partial charge in [-0.3, -0.25) is 0 Å². The zero-order valence-electron chi connectivity index (χ0n) is 15.9. The normalized spacial score (nSPS) is 16.2. The molecule has 152 valence electrons. The molecule has 0 saturated heterocycles. The number of sulfonamides is 1. The Morgan fingerprint density at radius 1 is 1.28 bits per heavy atom. The van der Waals surface area contributed by atoms with Crippen LogP contribution in [0.25, 0.3) is 0 Å². The van der Waals surface area contributed by atoms with Crippen molar-refractivity contribution >= 4 is 16.0 Å². The molecule has 0 aromatic heterocycles. The van der Waals surface area contributed by atoms with Gasteiger partial charge in [0, 0.05) is 18.1 Å². The number of hydrogen-bond donors (Lipinski definition) is 2. The second-order valence-corrected chi connectivity index (χ2v) is 8.78. The zero-order valence-corrected chi connectivity index (χ0v) is 16.7. The smallest absolute Gasteiger partial charge is 0.347 e. The molecule has 0 spiro atoms. The van der Waals surface area contributed by atoms with Crippen molar-refractivity contribution in [1.29, 1.82) is 5.26 Å². The summed E-state index contributed by atoms with van der Waals surface area (Å²) in [6.45, 7) is 3.16. The highest BCUT2D eigenvalue weighted by molar-refractivity contribution is 7.89. The van der Waals surface area contributed by atoms with Crippen LogP contribution in [0.15, 0.2) is 47.4 Å². The van der Waals surface area contributed by atoms with E-state index in [1.807, 2.05) is 6.07 Å². The highest BCUT2D eigenvalue weighted by atomic mass is 32.2. The van der Waals surface area contributed by atoms with E-state index in [2.05, 4.69) is 4.72 Å². The van der Waals surface area contributed by atoms with E-state index in [1.165, 1.54) is 38.1 Å². The van der Waals surface area contributed by atoms with Gasteiger partial charge < -0.3 is 14.6 Å². The standard InChI is InChI=1S/C20H20N2O6S/c1-20(2,19(23)24)28-14-5-8-16-17(9-10-27-18(16)11-14)22-29(25,26)15-6-3-13(12-21)4-7-15/h3-8,11,17,22H,9-10H2,1-2H3,(H,23,24). The van der Waals surface area contributed by atoms with E-state index in [0.717, 1.165) is 0 Å². The van der Waals surface area contributed by atoms with Gasteiger partial charge in [0.2, 0.25) is 10.0 Å². The minimum Gasteiger partial charge on any atom is -0.493 e. The Hall–Kier alpha value is -3.09. The maximum atomic E-state index is 12.7. The second kappa shape index (κ2) is 7.73. The summed E-state index contributed by atoms with van der Waals surface area (Å²) in [4.78, 5) is 11.3. The summed E-state index contributed by atoms with van der Waals surface area (Å²) >= 11 is 0. The highest BCUT2D eigenvalue weighted by Gasteiger charge is 2.31. The summed E-state index contributed by atoms with van der Waals surface area (Å²) < 4.78 is 39.2. The van der Waals surface area contributed by atoms with Crippen LogP contribution in [-0.2, 0) is 14.8 Å². The van der Waals surface area contributed by atoms with Crippen LogP contribution in [0.3, 0.4) is 0 Å². The first-order valence-corrected chi connectivity index (χ1v) is 10.3. The van der Waals surface area contributed by atoms with Gasteiger partial charge in [-0.25, -0.2) is 17.9 Å². The molecule has 1 unspecified atom stereocenters. The summed E-state index contributed by atoms with van der Waals surface area (Å²) in [7, 11) is -3.80. The molecular formula is C20H20N2O6S. The number of carbonyl (C=O) groups is 1. The van der Waals surface area contributed by atoms with Crippen molar-refractivity contribution in [3.63, 3.8) is 0 Å². The molecule has 1 aliphatic rings. The molecule has 1 aliphatic heterocycles. The summed E-state index contributed by atoms with van der Waals surface area (Å²) in [6, 6.07) is 11.9. The van der Waals surface area contributed by atoms with Crippen LogP contribution in [0.4, 0.5) is 0 Å². The predicted molar refractivity (Wildman–Crippen MR) is 103 cm³/mol. The number of carboxylic acids is 1. The first-order chi connectivity index (χ1) is 13.6. The van der Waals surface area contributed by atoms with E-state index in [4.69, 9.17) is 14.7 Å². The van der Waals surface area contributed by atoms with Crippen molar-refractivity contribution in [2.24, 2.45) is 0 Å². The topological polar surface area (TPSA) is 126 Å². The number of nitrogens with one attached hydrogen (secondary N) is 1. The van der Waals surface area contributed by atoms with Gasteiger partial charge in [-0.15, -0.1) is 0 Å². The van der Waals surface area contributed by atoms with Gasteiger partial charge in [-0.05, 0) is 44.2 Å². The van der Waals surface area contributed by atoms with E-state index in [-0.39, 0.29) is 4.90 Å². The molecule has 0 radical (unpaired) electrons. The van der Waals surface area contributed by atoms with Crippen LogP contribution in [-0.4, -0.2) is 31.7 Å². The van der Waals surface area contributed by atoms with Crippen molar-refractivity contribution in [2.75, 3.05) is 6.61 Å². The summed E-state index contributed by atoms with van der Waals surface area (Å²) in [5.41, 5.74) is -0.412. The third-order valence-corrected chi connectivity index (χ3v) is 5.99. The lowest BCUT2D eigenvalue weighted by atomic mass is 10.0. The molecular weight excluding hydrogens is 396 g/mol. The van der Waals surface area contributed by atoms with E-state index >= 15 is 0 Å². The maximum absolute atomic E-state index is 12.7. The minimum absolute atomic E-state index is 0.0627. The third-order valence-electron chi connectivity index (χ3n) is 4.50. The molecule has 1 heterocycles. The van der Waals surface area contributed by atoms with Gasteiger partial charge in [-0.1, -0.05) is 6.07 Å². The number of rotatable bonds is 6. The molecule has 0 amide bonds. The fraction of sp³-hybridized carbons (Fsp3) is 0.300. The predicted octanol–water partition coefficient (Wildman–Crippen LogP) is 2.60. The summed E-state index contributed by atoms with van der Waals surface area (Å²) in [5, 5.41) is 18.1. The minimum atomic E-state index is -3.80. The van der Waals surface area contributed by atoms with Crippen LogP contribution < -0.4 is 14.2 Å².